The molecule has 0 bridgehead atoms. The Hall–Kier alpha value is -2.55. The highest BCUT2D eigenvalue weighted by molar-refractivity contribution is 5.70. The smallest absolute Gasteiger partial charge is 0.127 e. The first-order chi connectivity index (χ1) is 11.1. The molecule has 3 heteroatoms. The molecule has 1 aromatic heterocycles. The van der Waals surface area contributed by atoms with Crippen LogP contribution < -0.4 is 4.74 Å². The van der Waals surface area contributed by atoms with Crippen LogP contribution in [0.15, 0.2) is 60.9 Å². The van der Waals surface area contributed by atoms with Crippen molar-refractivity contribution in [2.24, 2.45) is 7.05 Å². The summed E-state index contributed by atoms with van der Waals surface area (Å²) in [5.74, 6) is 1.37. The summed E-state index contributed by atoms with van der Waals surface area (Å²) in [5.41, 5.74) is 4.65. The van der Waals surface area contributed by atoms with E-state index in [1.165, 1.54) is 5.56 Å². The first-order valence-corrected chi connectivity index (χ1v) is 7.93. The number of aromatic nitrogens is 2. The summed E-state index contributed by atoms with van der Waals surface area (Å²) >= 11 is 0. The van der Waals surface area contributed by atoms with Crippen molar-refractivity contribution < 1.29 is 4.74 Å². The van der Waals surface area contributed by atoms with Gasteiger partial charge in [-0.3, -0.25) is 4.68 Å². The van der Waals surface area contributed by atoms with E-state index in [1.54, 1.807) is 0 Å². The second-order valence-electron chi connectivity index (χ2n) is 6.09. The lowest BCUT2D eigenvalue weighted by Crippen LogP contribution is -1.98. The average molecular weight is 306 g/mol. The molecule has 118 valence electrons. The largest absolute Gasteiger partial charge is 0.488 e. The molecule has 3 rings (SSSR count). The van der Waals surface area contributed by atoms with Crippen LogP contribution >= 0.6 is 0 Å². The summed E-state index contributed by atoms with van der Waals surface area (Å²) in [6.07, 6.45) is 3.91. The van der Waals surface area contributed by atoms with Crippen LogP contribution in [-0.2, 0) is 13.7 Å². The molecule has 0 aliphatic rings. The standard InChI is InChI=1S/C20H22N2O/c1-15(2)17-9-10-20(23-14-16-7-5-4-6-8-16)19(11-17)18-12-21-22(3)13-18/h4-13,15H,14H2,1-3H3. The fraction of sp³-hybridized carbons (Fsp3) is 0.250. The summed E-state index contributed by atoms with van der Waals surface area (Å²) in [7, 11) is 1.93. The number of benzene rings is 2. The summed E-state index contributed by atoms with van der Waals surface area (Å²) in [4.78, 5) is 0. The molecular formula is C20H22N2O. The molecule has 2 aromatic carbocycles. The third-order valence-electron chi connectivity index (χ3n) is 3.92. The van der Waals surface area contributed by atoms with E-state index in [9.17, 15) is 0 Å². The third-order valence-corrected chi connectivity index (χ3v) is 3.92. The molecule has 0 atom stereocenters. The molecule has 23 heavy (non-hydrogen) atoms. The second kappa shape index (κ2) is 6.69. The monoisotopic (exact) mass is 306 g/mol. The van der Waals surface area contributed by atoms with Crippen LogP contribution in [0.3, 0.4) is 0 Å². The van der Waals surface area contributed by atoms with E-state index < -0.39 is 0 Å². The molecule has 0 aliphatic heterocycles. The molecule has 0 aliphatic carbocycles. The highest BCUT2D eigenvalue weighted by Crippen LogP contribution is 2.33. The quantitative estimate of drug-likeness (QED) is 0.677. The van der Waals surface area contributed by atoms with Gasteiger partial charge in [0.15, 0.2) is 0 Å². The summed E-state index contributed by atoms with van der Waals surface area (Å²) < 4.78 is 7.90. The highest BCUT2D eigenvalue weighted by Gasteiger charge is 2.11. The van der Waals surface area contributed by atoms with Gasteiger partial charge in [-0.2, -0.15) is 5.10 Å². The molecule has 0 N–H and O–H groups in total. The van der Waals surface area contributed by atoms with E-state index in [0.29, 0.717) is 12.5 Å². The van der Waals surface area contributed by atoms with Gasteiger partial charge in [0.25, 0.3) is 0 Å². The van der Waals surface area contributed by atoms with Gasteiger partial charge in [-0.25, -0.2) is 0 Å². The van der Waals surface area contributed by atoms with Crippen LogP contribution in [0.25, 0.3) is 11.1 Å². The Kier molecular flexibility index (Phi) is 4.47. The lowest BCUT2D eigenvalue weighted by Gasteiger charge is -2.14. The van der Waals surface area contributed by atoms with Gasteiger partial charge in [0.1, 0.15) is 12.4 Å². The molecule has 0 unspecified atom stereocenters. The van der Waals surface area contributed by atoms with E-state index in [-0.39, 0.29) is 0 Å². The number of ether oxygens (including phenoxy) is 1. The van der Waals surface area contributed by atoms with Gasteiger partial charge in [0, 0.05) is 24.4 Å². The maximum atomic E-state index is 6.08. The van der Waals surface area contributed by atoms with Gasteiger partial charge in [0.2, 0.25) is 0 Å². The minimum Gasteiger partial charge on any atom is -0.488 e. The van der Waals surface area contributed by atoms with Gasteiger partial charge >= 0.3 is 0 Å². The van der Waals surface area contributed by atoms with Crippen molar-refractivity contribution in [3.63, 3.8) is 0 Å². The van der Waals surface area contributed by atoms with Crippen LogP contribution in [0.4, 0.5) is 0 Å². The molecule has 1 heterocycles. The maximum Gasteiger partial charge on any atom is 0.127 e. The highest BCUT2D eigenvalue weighted by atomic mass is 16.5. The zero-order valence-electron chi connectivity index (χ0n) is 13.9. The minimum absolute atomic E-state index is 0.480. The Morgan fingerprint density at radius 2 is 1.87 bits per heavy atom. The molecule has 3 aromatic rings. The first kappa shape index (κ1) is 15.3. The Balaban J connectivity index is 1.92. The number of nitrogens with zero attached hydrogens (tertiary/aromatic N) is 2. The van der Waals surface area contributed by atoms with Crippen molar-refractivity contribution in [1.82, 2.24) is 9.78 Å². The predicted molar refractivity (Wildman–Crippen MR) is 93.5 cm³/mol. The van der Waals surface area contributed by atoms with Crippen molar-refractivity contribution in [1.29, 1.82) is 0 Å². The maximum absolute atomic E-state index is 6.08. The zero-order chi connectivity index (χ0) is 16.2. The minimum atomic E-state index is 0.480. The lowest BCUT2D eigenvalue weighted by molar-refractivity contribution is 0.307. The molecule has 0 spiro atoms. The van der Waals surface area contributed by atoms with Crippen LogP contribution in [0.1, 0.15) is 30.9 Å². The van der Waals surface area contributed by atoms with Gasteiger partial charge in [-0.15, -0.1) is 0 Å². The Morgan fingerprint density at radius 3 is 2.52 bits per heavy atom. The van der Waals surface area contributed by atoms with Crippen LogP contribution in [0.2, 0.25) is 0 Å². The Morgan fingerprint density at radius 1 is 1.09 bits per heavy atom. The van der Waals surface area contributed by atoms with Crippen LogP contribution in [-0.4, -0.2) is 9.78 Å². The fourth-order valence-electron chi connectivity index (χ4n) is 2.55. The van der Waals surface area contributed by atoms with Gasteiger partial charge in [-0.05, 0) is 29.2 Å². The normalized spacial score (nSPS) is 11.0. The topological polar surface area (TPSA) is 27.1 Å². The van der Waals surface area contributed by atoms with Crippen LogP contribution in [0.5, 0.6) is 5.75 Å². The first-order valence-electron chi connectivity index (χ1n) is 7.93. The third kappa shape index (κ3) is 3.62. The van der Waals surface area contributed by atoms with Crippen molar-refractivity contribution in [2.45, 2.75) is 26.4 Å². The van der Waals surface area contributed by atoms with E-state index in [4.69, 9.17) is 4.74 Å². The van der Waals surface area contributed by atoms with Crippen molar-refractivity contribution >= 4 is 0 Å². The van der Waals surface area contributed by atoms with Gasteiger partial charge < -0.3 is 4.74 Å². The molecule has 0 saturated carbocycles. The second-order valence-corrected chi connectivity index (χ2v) is 6.09. The Labute approximate surface area is 137 Å². The number of hydrogen-bond acceptors (Lipinski definition) is 2. The number of aryl methyl sites for hydroxylation is 1. The number of rotatable bonds is 5. The Bertz CT molecular complexity index is 775. The molecule has 0 saturated heterocycles. The molecular weight excluding hydrogens is 284 g/mol. The van der Waals surface area contributed by atoms with Crippen molar-refractivity contribution in [2.75, 3.05) is 0 Å². The van der Waals surface area contributed by atoms with Gasteiger partial charge in [0.05, 0.1) is 6.20 Å². The van der Waals surface area contributed by atoms with Crippen LogP contribution in [0, 0.1) is 0 Å². The predicted octanol–water partition coefficient (Wildman–Crippen LogP) is 4.79. The molecule has 0 amide bonds. The summed E-state index contributed by atoms with van der Waals surface area (Å²) in [6.45, 7) is 4.97. The van der Waals surface area contributed by atoms with E-state index in [1.807, 2.05) is 42.3 Å². The molecule has 0 radical (unpaired) electrons. The number of hydrogen-bond donors (Lipinski definition) is 0. The van der Waals surface area contributed by atoms with E-state index in [0.717, 1.165) is 22.4 Å². The fourth-order valence-corrected chi connectivity index (χ4v) is 2.55. The average Bonchev–Trinajstić information content (AvgIpc) is 3.00. The van der Waals surface area contributed by atoms with Gasteiger partial charge in [-0.1, -0.05) is 50.2 Å². The van der Waals surface area contributed by atoms with Crippen molar-refractivity contribution in [3.05, 3.63) is 72.1 Å². The summed E-state index contributed by atoms with van der Waals surface area (Å²) in [6, 6.07) is 16.7. The molecule has 3 nitrogen and oxygen atoms in total. The van der Waals surface area contributed by atoms with Crippen molar-refractivity contribution in [3.8, 4) is 16.9 Å². The SMILES string of the molecule is CC(C)c1ccc(OCc2ccccc2)c(-c2cnn(C)c2)c1. The lowest BCUT2D eigenvalue weighted by atomic mass is 9.98. The van der Waals surface area contributed by atoms with E-state index >= 15 is 0 Å². The summed E-state index contributed by atoms with van der Waals surface area (Å²) in [5, 5.41) is 4.29. The zero-order valence-corrected chi connectivity index (χ0v) is 13.9. The molecule has 0 fully saturated rings. The van der Waals surface area contributed by atoms with E-state index in [2.05, 4.69) is 49.3 Å².